The zero-order chi connectivity index (χ0) is 32.9. The highest BCUT2D eigenvalue weighted by Crippen LogP contribution is 2.68. The summed E-state index contributed by atoms with van der Waals surface area (Å²) in [6.07, 6.45) is 0.898. The van der Waals surface area contributed by atoms with Crippen LogP contribution in [0.4, 0.5) is 18.0 Å². The molecular weight excluding hydrogens is 578 g/mol. The van der Waals surface area contributed by atoms with Crippen molar-refractivity contribution in [1.29, 1.82) is 0 Å². The smallest absolute Gasteiger partial charge is 0.419 e. The van der Waals surface area contributed by atoms with Crippen molar-refractivity contribution >= 4 is 13.5 Å². The van der Waals surface area contributed by atoms with Gasteiger partial charge in [0.1, 0.15) is 11.4 Å². The Morgan fingerprint density at radius 3 is 2.12 bits per heavy atom. The first kappa shape index (κ1) is 37.5. The topological polar surface area (TPSA) is 73.9 Å². The Bertz CT molecular complexity index is 1100. The number of amides is 1. The number of benzene rings is 1. The Morgan fingerprint density at radius 2 is 1.58 bits per heavy atom. The molecule has 0 spiro atoms. The normalized spacial score (nSPS) is 20.3. The van der Waals surface area contributed by atoms with Crippen molar-refractivity contribution in [3.8, 4) is 5.75 Å². The van der Waals surface area contributed by atoms with E-state index in [0.717, 1.165) is 25.7 Å². The van der Waals surface area contributed by atoms with Gasteiger partial charge in [0.05, 0.1) is 24.3 Å². The number of hydrogen-bond acceptors (Lipinski definition) is 5. The molecule has 6 nitrogen and oxygen atoms in total. The van der Waals surface area contributed by atoms with Gasteiger partial charge >= 0.3 is 12.3 Å². The van der Waals surface area contributed by atoms with Crippen LogP contribution in [0.15, 0.2) is 18.2 Å². The number of halogens is 3. The van der Waals surface area contributed by atoms with Crippen LogP contribution in [0, 0.1) is 0 Å². The molecule has 1 aromatic carbocycles. The van der Waals surface area contributed by atoms with Gasteiger partial charge in [-0.25, -0.2) is 4.79 Å². The summed E-state index contributed by atoms with van der Waals surface area (Å²) < 4.78 is 74.2. The number of rotatable bonds is 12. The zero-order valence-corrected chi connectivity index (χ0v) is 28.9. The molecule has 1 amide bonds. The molecule has 1 aliphatic rings. The molecule has 0 bridgehead atoms. The molecule has 0 aromatic heterocycles. The van der Waals surface area contributed by atoms with Gasteiger partial charge in [0.2, 0.25) is 7.37 Å². The van der Waals surface area contributed by atoms with Crippen LogP contribution in [-0.2, 0) is 20.0 Å². The van der Waals surface area contributed by atoms with E-state index < -0.39 is 46.7 Å². The Labute approximate surface area is 257 Å². The van der Waals surface area contributed by atoms with Gasteiger partial charge in [-0.2, -0.15) is 13.2 Å². The molecule has 1 aromatic rings. The van der Waals surface area contributed by atoms with Crippen molar-refractivity contribution in [1.82, 2.24) is 5.32 Å². The lowest BCUT2D eigenvalue weighted by molar-refractivity contribution is -0.139. The molecule has 10 heteroatoms. The molecule has 2 unspecified atom stereocenters. The first-order chi connectivity index (χ1) is 19.5. The van der Waals surface area contributed by atoms with E-state index in [4.69, 9.17) is 14.0 Å². The maximum atomic E-state index is 14.3. The SMILES string of the molecule is CCCCCCCOc1ccc(C2CCC(COP(=O)(C(C)(C)C)C(C)(C)C)(NC(=O)OC(C)(C)C)C2)cc1C(F)(F)F. The second-order valence-corrected chi connectivity index (χ2v) is 19.1. The summed E-state index contributed by atoms with van der Waals surface area (Å²) in [5.41, 5.74) is -1.99. The van der Waals surface area contributed by atoms with Crippen molar-refractivity contribution in [3.05, 3.63) is 29.3 Å². The maximum absolute atomic E-state index is 14.3. The van der Waals surface area contributed by atoms with E-state index >= 15 is 0 Å². The number of carbonyl (C=O) groups is 1. The van der Waals surface area contributed by atoms with E-state index in [0.29, 0.717) is 31.2 Å². The molecule has 248 valence electrons. The summed E-state index contributed by atoms with van der Waals surface area (Å²) >= 11 is 0. The third-order valence-electron chi connectivity index (χ3n) is 7.95. The molecule has 2 atom stereocenters. The van der Waals surface area contributed by atoms with Crippen LogP contribution >= 0.6 is 7.37 Å². The third kappa shape index (κ3) is 10.4. The van der Waals surface area contributed by atoms with Gasteiger partial charge in [-0.3, -0.25) is 4.57 Å². The average Bonchev–Trinajstić information content (AvgIpc) is 3.25. The first-order valence-electron chi connectivity index (χ1n) is 15.6. The lowest BCUT2D eigenvalue weighted by Gasteiger charge is -2.42. The summed E-state index contributed by atoms with van der Waals surface area (Å²) in [5, 5.41) is 1.65. The minimum atomic E-state index is -4.58. The fourth-order valence-electron chi connectivity index (χ4n) is 5.86. The zero-order valence-electron chi connectivity index (χ0n) is 28.0. The van der Waals surface area contributed by atoms with Gasteiger partial charge in [0, 0.05) is 10.3 Å². The third-order valence-corrected chi connectivity index (χ3v) is 12.0. The van der Waals surface area contributed by atoms with Crippen molar-refractivity contribution in [2.45, 2.75) is 154 Å². The number of unbranched alkanes of at least 4 members (excludes halogenated alkanes) is 4. The molecule has 0 aliphatic heterocycles. The fourth-order valence-corrected chi connectivity index (χ4v) is 9.07. The molecule has 43 heavy (non-hydrogen) atoms. The molecule has 1 N–H and O–H groups in total. The highest BCUT2D eigenvalue weighted by molar-refractivity contribution is 7.62. The van der Waals surface area contributed by atoms with Crippen LogP contribution in [0.5, 0.6) is 5.75 Å². The van der Waals surface area contributed by atoms with E-state index in [1.807, 2.05) is 41.5 Å². The minimum Gasteiger partial charge on any atom is -0.493 e. The van der Waals surface area contributed by atoms with Gasteiger partial charge in [0.15, 0.2) is 0 Å². The molecule has 1 aliphatic carbocycles. The lowest BCUT2D eigenvalue weighted by atomic mass is 9.91. The number of nitrogens with one attached hydrogen (secondary N) is 1. The molecule has 0 heterocycles. The van der Waals surface area contributed by atoms with E-state index in [9.17, 15) is 22.5 Å². The Balaban J connectivity index is 2.35. The van der Waals surface area contributed by atoms with Gasteiger partial charge in [-0.15, -0.1) is 0 Å². The highest BCUT2D eigenvalue weighted by atomic mass is 31.2. The summed E-state index contributed by atoms with van der Waals surface area (Å²) in [4.78, 5) is 13.0. The predicted octanol–water partition coefficient (Wildman–Crippen LogP) is 10.5. The fraction of sp³-hybridized carbons (Fsp3) is 0.788. The second kappa shape index (κ2) is 14.1. The van der Waals surface area contributed by atoms with Crippen molar-refractivity contribution in [3.63, 3.8) is 0 Å². The number of carbonyl (C=O) groups excluding carboxylic acids is 1. The van der Waals surface area contributed by atoms with Gasteiger partial charge < -0.3 is 19.3 Å². The molecule has 2 rings (SSSR count). The number of alkyl halides is 3. The minimum absolute atomic E-state index is 0.0418. The van der Waals surface area contributed by atoms with Crippen LogP contribution < -0.4 is 10.1 Å². The maximum Gasteiger partial charge on any atom is 0.419 e. The highest BCUT2D eigenvalue weighted by Gasteiger charge is 2.51. The number of hydrogen-bond donors (Lipinski definition) is 1. The van der Waals surface area contributed by atoms with E-state index in [1.54, 1.807) is 26.8 Å². The molecule has 0 saturated heterocycles. The van der Waals surface area contributed by atoms with Crippen LogP contribution in [0.1, 0.15) is 138 Å². The molecule has 1 fully saturated rings. The summed E-state index contributed by atoms with van der Waals surface area (Å²) in [7, 11) is -3.27. The predicted molar refractivity (Wildman–Crippen MR) is 167 cm³/mol. The van der Waals surface area contributed by atoms with Crippen LogP contribution in [0.25, 0.3) is 0 Å². The van der Waals surface area contributed by atoms with Crippen molar-refractivity contribution in [2.24, 2.45) is 0 Å². The number of alkyl carbamates (subject to hydrolysis) is 1. The monoisotopic (exact) mass is 633 g/mol. The summed E-state index contributed by atoms with van der Waals surface area (Å²) in [6.45, 7) is 18.8. The average molecular weight is 634 g/mol. The largest absolute Gasteiger partial charge is 0.493 e. The standard InChI is InChI=1S/C33H55F3NO5P/c1-11-12-13-14-15-20-40-27-17-16-24(21-26(27)33(34,35)36)25-18-19-32(22-25,37-28(38)42-29(2,3)4)23-41-43(39,30(5,6)7)31(8,9)10/h16-17,21,25H,11-15,18-20,22-23H2,1-10H3,(H,37,38). The van der Waals surface area contributed by atoms with Crippen LogP contribution in [-0.4, -0.2) is 40.8 Å². The van der Waals surface area contributed by atoms with E-state index in [1.165, 1.54) is 12.1 Å². The summed E-state index contributed by atoms with van der Waals surface area (Å²) in [5.74, 6) is -0.450. The van der Waals surface area contributed by atoms with Crippen molar-refractivity contribution in [2.75, 3.05) is 13.2 Å². The summed E-state index contributed by atoms with van der Waals surface area (Å²) in [6, 6.07) is 4.28. The molecule has 0 radical (unpaired) electrons. The van der Waals surface area contributed by atoms with Crippen LogP contribution in [0.2, 0.25) is 0 Å². The second-order valence-electron chi connectivity index (χ2n) is 15.0. The Kier molecular flexibility index (Phi) is 12.3. The van der Waals surface area contributed by atoms with Gasteiger partial charge in [-0.05, 0) is 70.1 Å². The molecule has 1 saturated carbocycles. The van der Waals surface area contributed by atoms with E-state index in [-0.39, 0.29) is 24.9 Å². The Hall–Kier alpha value is -1.73. The molecular formula is C33H55F3NO5P. The van der Waals surface area contributed by atoms with Crippen molar-refractivity contribution < 1.29 is 36.5 Å². The quantitative estimate of drug-likeness (QED) is 0.183. The Morgan fingerprint density at radius 1 is 0.977 bits per heavy atom. The first-order valence-corrected chi connectivity index (χ1v) is 17.3. The number of ether oxygens (including phenoxy) is 2. The van der Waals surface area contributed by atoms with Gasteiger partial charge in [0.25, 0.3) is 0 Å². The van der Waals surface area contributed by atoms with Gasteiger partial charge in [-0.1, -0.05) is 80.2 Å². The lowest BCUT2D eigenvalue weighted by Crippen LogP contribution is -2.52. The van der Waals surface area contributed by atoms with E-state index in [2.05, 4.69) is 12.2 Å². The van der Waals surface area contributed by atoms with Crippen LogP contribution in [0.3, 0.4) is 0 Å².